The van der Waals surface area contributed by atoms with Crippen molar-refractivity contribution in [2.24, 2.45) is 0 Å². The number of amides is 1. The van der Waals surface area contributed by atoms with Crippen molar-refractivity contribution in [3.63, 3.8) is 0 Å². The maximum Gasteiger partial charge on any atom is 0.299 e. The lowest BCUT2D eigenvalue weighted by Crippen LogP contribution is -2.24. The molecule has 0 aromatic heterocycles. The topological polar surface area (TPSA) is 46.6 Å². The molecule has 1 aliphatic heterocycles. The molecule has 0 atom stereocenters. The van der Waals surface area contributed by atoms with Gasteiger partial charge in [-0.25, -0.2) is 4.39 Å². The van der Waals surface area contributed by atoms with Gasteiger partial charge in [0.25, 0.3) is 11.7 Å². The number of carbonyl (C=O) groups excluding carboxylic acids is 2. The highest BCUT2D eigenvalue weighted by molar-refractivity contribution is 6.52. The first kappa shape index (κ1) is 13.3. The largest absolute Gasteiger partial charge is 0.489 e. The van der Waals surface area contributed by atoms with E-state index in [9.17, 15) is 14.0 Å². The summed E-state index contributed by atoms with van der Waals surface area (Å²) >= 11 is 0. The van der Waals surface area contributed by atoms with Gasteiger partial charge in [-0.1, -0.05) is 12.1 Å². The first-order valence-electron chi connectivity index (χ1n) is 6.40. The number of hydrogen-bond donors (Lipinski definition) is 0. The standard InChI is InChI=1S/C16H12FNO3/c1-18-14-7-6-12(8-13(14)15(19)16(18)20)21-9-10-2-4-11(17)5-3-10/h2-8H,9H2,1H3. The van der Waals surface area contributed by atoms with E-state index in [0.717, 1.165) is 5.56 Å². The van der Waals surface area contributed by atoms with E-state index in [2.05, 4.69) is 0 Å². The highest BCUT2D eigenvalue weighted by atomic mass is 19.1. The summed E-state index contributed by atoms with van der Waals surface area (Å²) in [5.74, 6) is -0.877. The lowest BCUT2D eigenvalue weighted by atomic mass is 10.1. The molecule has 0 N–H and O–H groups in total. The smallest absolute Gasteiger partial charge is 0.299 e. The number of halogens is 1. The van der Waals surface area contributed by atoms with Crippen molar-refractivity contribution in [3.05, 3.63) is 59.4 Å². The second-order valence-corrected chi connectivity index (χ2v) is 4.79. The summed E-state index contributed by atoms with van der Waals surface area (Å²) in [5.41, 5.74) is 1.75. The fourth-order valence-corrected chi connectivity index (χ4v) is 2.20. The van der Waals surface area contributed by atoms with Crippen molar-refractivity contribution in [2.45, 2.75) is 6.61 Å². The molecule has 2 aromatic carbocycles. The van der Waals surface area contributed by atoms with Crippen LogP contribution in [0.1, 0.15) is 15.9 Å². The van der Waals surface area contributed by atoms with E-state index in [1.807, 2.05) is 0 Å². The van der Waals surface area contributed by atoms with E-state index in [-0.39, 0.29) is 12.4 Å². The third kappa shape index (κ3) is 2.38. The molecule has 0 spiro atoms. The number of anilines is 1. The van der Waals surface area contributed by atoms with Crippen LogP contribution in [0.2, 0.25) is 0 Å². The Morgan fingerprint density at radius 1 is 1.10 bits per heavy atom. The van der Waals surface area contributed by atoms with Crippen LogP contribution < -0.4 is 9.64 Å². The number of likely N-dealkylation sites (N-methyl/N-ethyl adjacent to an activating group) is 1. The third-order valence-corrected chi connectivity index (χ3v) is 3.39. The monoisotopic (exact) mass is 285 g/mol. The Morgan fingerprint density at radius 3 is 2.52 bits per heavy atom. The molecule has 0 bridgehead atoms. The molecular weight excluding hydrogens is 273 g/mol. The predicted octanol–water partition coefficient (Wildman–Crippen LogP) is 2.56. The van der Waals surface area contributed by atoms with Crippen molar-refractivity contribution in [1.29, 1.82) is 0 Å². The Morgan fingerprint density at radius 2 is 1.81 bits per heavy atom. The number of Topliss-reactive ketones (excluding diaryl/α,β-unsaturated/α-hetero) is 1. The minimum absolute atomic E-state index is 0.261. The van der Waals surface area contributed by atoms with Crippen molar-refractivity contribution >= 4 is 17.4 Å². The van der Waals surface area contributed by atoms with Crippen molar-refractivity contribution in [2.75, 3.05) is 11.9 Å². The number of ketones is 1. The van der Waals surface area contributed by atoms with Gasteiger partial charge in [0.05, 0.1) is 11.3 Å². The van der Waals surface area contributed by atoms with E-state index in [0.29, 0.717) is 17.0 Å². The van der Waals surface area contributed by atoms with Crippen LogP contribution in [-0.4, -0.2) is 18.7 Å². The Bertz CT molecular complexity index is 725. The van der Waals surface area contributed by atoms with Gasteiger partial charge in [0.1, 0.15) is 18.2 Å². The number of rotatable bonds is 3. The van der Waals surface area contributed by atoms with E-state index in [1.165, 1.54) is 17.0 Å². The van der Waals surface area contributed by atoms with Crippen molar-refractivity contribution in [1.82, 2.24) is 0 Å². The molecule has 1 amide bonds. The highest BCUT2D eigenvalue weighted by Gasteiger charge is 2.33. The van der Waals surface area contributed by atoms with Crippen LogP contribution in [0.3, 0.4) is 0 Å². The average Bonchev–Trinajstić information content (AvgIpc) is 2.71. The Hall–Kier alpha value is -2.69. The predicted molar refractivity (Wildman–Crippen MR) is 74.9 cm³/mol. The lowest BCUT2D eigenvalue weighted by molar-refractivity contribution is -0.114. The summed E-state index contributed by atoms with van der Waals surface area (Å²) in [7, 11) is 1.56. The van der Waals surface area contributed by atoms with Crippen LogP contribution in [0.4, 0.5) is 10.1 Å². The second kappa shape index (κ2) is 5.01. The summed E-state index contributed by atoms with van der Waals surface area (Å²) in [6, 6.07) is 10.9. The normalized spacial score (nSPS) is 13.5. The van der Waals surface area contributed by atoms with Gasteiger partial charge in [-0.05, 0) is 35.9 Å². The maximum absolute atomic E-state index is 12.8. The first-order chi connectivity index (χ1) is 10.1. The summed E-state index contributed by atoms with van der Waals surface area (Å²) in [4.78, 5) is 24.7. The first-order valence-corrected chi connectivity index (χ1v) is 6.40. The van der Waals surface area contributed by atoms with E-state index >= 15 is 0 Å². The van der Waals surface area contributed by atoms with Gasteiger partial charge >= 0.3 is 0 Å². The van der Waals surface area contributed by atoms with Gasteiger partial charge < -0.3 is 9.64 Å². The molecule has 5 heteroatoms. The van der Waals surface area contributed by atoms with E-state index < -0.39 is 11.7 Å². The number of ether oxygens (including phenoxy) is 1. The van der Waals surface area contributed by atoms with Crippen LogP contribution in [0.5, 0.6) is 5.75 Å². The fourth-order valence-electron chi connectivity index (χ4n) is 2.20. The molecule has 0 aliphatic carbocycles. The number of nitrogens with zero attached hydrogens (tertiary/aromatic N) is 1. The van der Waals surface area contributed by atoms with Crippen LogP contribution in [-0.2, 0) is 11.4 Å². The summed E-state index contributed by atoms with van der Waals surface area (Å²) < 4.78 is 18.4. The molecule has 0 unspecified atom stereocenters. The number of fused-ring (bicyclic) bond motifs is 1. The minimum atomic E-state index is -0.541. The lowest BCUT2D eigenvalue weighted by Gasteiger charge is -2.10. The van der Waals surface area contributed by atoms with Gasteiger partial charge in [0.2, 0.25) is 0 Å². The summed E-state index contributed by atoms with van der Waals surface area (Å²) in [5, 5.41) is 0. The fraction of sp³-hybridized carbons (Fsp3) is 0.125. The zero-order valence-electron chi connectivity index (χ0n) is 11.3. The molecule has 3 rings (SSSR count). The number of benzene rings is 2. The van der Waals surface area contributed by atoms with Gasteiger partial charge in [0, 0.05) is 7.05 Å². The molecular formula is C16H12FNO3. The van der Waals surface area contributed by atoms with Crippen LogP contribution in [0.15, 0.2) is 42.5 Å². The molecule has 2 aromatic rings. The molecule has 1 aliphatic rings. The van der Waals surface area contributed by atoms with Gasteiger partial charge in [0.15, 0.2) is 0 Å². The molecule has 0 saturated carbocycles. The summed E-state index contributed by atoms with van der Waals surface area (Å²) in [6.07, 6.45) is 0. The van der Waals surface area contributed by atoms with E-state index in [4.69, 9.17) is 4.74 Å². The average molecular weight is 285 g/mol. The van der Waals surface area contributed by atoms with Gasteiger partial charge in [-0.2, -0.15) is 0 Å². The number of carbonyl (C=O) groups is 2. The molecule has 0 fully saturated rings. The molecule has 1 heterocycles. The van der Waals surface area contributed by atoms with Gasteiger partial charge in [-0.15, -0.1) is 0 Å². The Kier molecular flexibility index (Phi) is 3.17. The molecule has 106 valence electrons. The van der Waals surface area contributed by atoms with Crippen LogP contribution in [0.25, 0.3) is 0 Å². The quantitative estimate of drug-likeness (QED) is 0.814. The highest BCUT2D eigenvalue weighted by Crippen LogP contribution is 2.31. The minimum Gasteiger partial charge on any atom is -0.489 e. The maximum atomic E-state index is 12.8. The zero-order valence-corrected chi connectivity index (χ0v) is 11.3. The molecule has 21 heavy (non-hydrogen) atoms. The zero-order chi connectivity index (χ0) is 15.0. The van der Waals surface area contributed by atoms with Crippen LogP contribution in [0, 0.1) is 5.82 Å². The van der Waals surface area contributed by atoms with E-state index in [1.54, 1.807) is 37.4 Å². The number of hydrogen-bond acceptors (Lipinski definition) is 3. The molecule has 4 nitrogen and oxygen atoms in total. The second-order valence-electron chi connectivity index (χ2n) is 4.79. The molecule has 0 radical (unpaired) electrons. The Labute approximate surface area is 120 Å². The SMILES string of the molecule is CN1C(=O)C(=O)c2cc(OCc3ccc(F)cc3)ccc21. The van der Waals surface area contributed by atoms with Crippen molar-refractivity contribution in [3.8, 4) is 5.75 Å². The van der Waals surface area contributed by atoms with Crippen molar-refractivity contribution < 1.29 is 18.7 Å². The van der Waals surface area contributed by atoms with Crippen LogP contribution >= 0.6 is 0 Å². The Balaban J connectivity index is 1.78. The molecule has 0 saturated heterocycles. The van der Waals surface area contributed by atoms with Gasteiger partial charge in [-0.3, -0.25) is 9.59 Å². The summed E-state index contributed by atoms with van der Waals surface area (Å²) in [6.45, 7) is 0.261. The third-order valence-electron chi connectivity index (χ3n) is 3.39.